The quantitative estimate of drug-likeness (QED) is 0.894. The maximum Gasteiger partial charge on any atom is 0.0801 e. The third-order valence-corrected chi connectivity index (χ3v) is 3.41. The van der Waals surface area contributed by atoms with Gasteiger partial charge in [-0.1, -0.05) is 6.07 Å². The molecule has 0 aromatic carbocycles. The summed E-state index contributed by atoms with van der Waals surface area (Å²) in [6.45, 7) is 0.0246. The minimum Gasteiger partial charge on any atom is -0.395 e. The summed E-state index contributed by atoms with van der Waals surface area (Å²) in [5, 5.41) is 8.89. The Morgan fingerprint density at radius 1 is 1.29 bits per heavy atom. The maximum absolute atomic E-state index is 8.89. The van der Waals surface area contributed by atoms with E-state index in [0.29, 0.717) is 6.42 Å². The van der Waals surface area contributed by atoms with Crippen LogP contribution in [0.5, 0.6) is 0 Å². The fourth-order valence-electron chi connectivity index (χ4n) is 1.46. The molecule has 0 fully saturated rings. The second-order valence-corrected chi connectivity index (χ2v) is 4.80. The molecule has 2 aromatic heterocycles. The SMILES string of the molecule is Cl.NC(CO)Cc1ccc(-c2ccccn2)s1. The van der Waals surface area contributed by atoms with Gasteiger partial charge in [-0.3, -0.25) is 4.98 Å². The van der Waals surface area contributed by atoms with Crippen LogP contribution >= 0.6 is 23.7 Å². The third-order valence-electron chi connectivity index (χ3n) is 2.28. The van der Waals surface area contributed by atoms with E-state index in [-0.39, 0.29) is 25.1 Å². The fraction of sp³-hybridized carbons (Fsp3) is 0.250. The Kier molecular flexibility index (Phi) is 5.58. The van der Waals surface area contributed by atoms with Crippen LogP contribution in [-0.2, 0) is 6.42 Å². The number of rotatable bonds is 4. The van der Waals surface area contributed by atoms with E-state index in [1.165, 1.54) is 4.88 Å². The van der Waals surface area contributed by atoms with Crippen molar-refractivity contribution in [1.82, 2.24) is 4.98 Å². The van der Waals surface area contributed by atoms with Gasteiger partial charge in [-0.25, -0.2) is 0 Å². The van der Waals surface area contributed by atoms with E-state index in [1.54, 1.807) is 17.5 Å². The number of halogens is 1. The van der Waals surface area contributed by atoms with Gasteiger partial charge < -0.3 is 10.8 Å². The number of nitrogens with zero attached hydrogens (tertiary/aromatic N) is 1. The van der Waals surface area contributed by atoms with Crippen molar-refractivity contribution >= 4 is 23.7 Å². The predicted octanol–water partition coefficient (Wildman–Crippen LogP) is 2.09. The number of aliphatic hydroxyl groups excluding tert-OH is 1. The van der Waals surface area contributed by atoms with E-state index in [1.807, 2.05) is 30.3 Å². The summed E-state index contributed by atoms with van der Waals surface area (Å²) in [6, 6.07) is 9.79. The first-order chi connectivity index (χ1) is 7.79. The Morgan fingerprint density at radius 2 is 2.12 bits per heavy atom. The molecule has 1 atom stereocenters. The molecule has 0 aliphatic rings. The third kappa shape index (κ3) is 3.78. The highest BCUT2D eigenvalue weighted by atomic mass is 35.5. The monoisotopic (exact) mass is 270 g/mol. The van der Waals surface area contributed by atoms with Gasteiger partial charge in [0.15, 0.2) is 0 Å². The first-order valence-corrected chi connectivity index (χ1v) is 5.98. The summed E-state index contributed by atoms with van der Waals surface area (Å²) in [6.07, 6.45) is 2.50. The van der Waals surface area contributed by atoms with Gasteiger partial charge in [-0.2, -0.15) is 0 Å². The lowest BCUT2D eigenvalue weighted by Gasteiger charge is -2.04. The number of nitrogens with two attached hydrogens (primary N) is 1. The van der Waals surface area contributed by atoms with Gasteiger partial charge in [0, 0.05) is 17.1 Å². The molecular weight excluding hydrogens is 256 g/mol. The van der Waals surface area contributed by atoms with Gasteiger partial charge in [0.2, 0.25) is 0 Å². The predicted molar refractivity (Wildman–Crippen MR) is 73.6 cm³/mol. The van der Waals surface area contributed by atoms with Gasteiger partial charge >= 0.3 is 0 Å². The van der Waals surface area contributed by atoms with Crippen LogP contribution in [0, 0.1) is 0 Å². The molecule has 0 spiro atoms. The molecule has 2 rings (SSSR count). The molecule has 0 amide bonds. The molecule has 5 heteroatoms. The highest BCUT2D eigenvalue weighted by Gasteiger charge is 2.07. The molecule has 3 nitrogen and oxygen atoms in total. The van der Waals surface area contributed by atoms with Crippen LogP contribution in [0.15, 0.2) is 36.5 Å². The average Bonchev–Trinajstić information content (AvgIpc) is 2.78. The van der Waals surface area contributed by atoms with Crippen molar-refractivity contribution < 1.29 is 5.11 Å². The maximum atomic E-state index is 8.89. The first-order valence-electron chi connectivity index (χ1n) is 5.16. The zero-order valence-electron chi connectivity index (χ0n) is 9.24. The van der Waals surface area contributed by atoms with Crippen molar-refractivity contribution in [2.45, 2.75) is 12.5 Å². The Bertz CT molecular complexity index is 447. The number of aliphatic hydroxyl groups is 1. The zero-order valence-corrected chi connectivity index (χ0v) is 10.9. The number of thiophene rings is 1. The van der Waals surface area contributed by atoms with E-state index in [0.717, 1.165) is 10.6 Å². The van der Waals surface area contributed by atoms with Crippen LogP contribution in [0.25, 0.3) is 10.6 Å². The molecule has 0 aliphatic carbocycles. The van der Waals surface area contributed by atoms with Crippen molar-refractivity contribution in [2.24, 2.45) is 5.73 Å². The molecule has 92 valence electrons. The van der Waals surface area contributed by atoms with Crippen LogP contribution in [0.4, 0.5) is 0 Å². The van der Waals surface area contributed by atoms with Crippen molar-refractivity contribution in [3.8, 4) is 10.6 Å². The topological polar surface area (TPSA) is 59.1 Å². The van der Waals surface area contributed by atoms with Gasteiger partial charge in [0.05, 0.1) is 17.2 Å². The largest absolute Gasteiger partial charge is 0.395 e. The normalized spacial score (nSPS) is 11.9. The molecule has 1 unspecified atom stereocenters. The molecule has 0 saturated heterocycles. The highest BCUT2D eigenvalue weighted by molar-refractivity contribution is 7.15. The van der Waals surface area contributed by atoms with Gasteiger partial charge in [0.1, 0.15) is 0 Å². The van der Waals surface area contributed by atoms with Crippen LogP contribution in [0.2, 0.25) is 0 Å². The van der Waals surface area contributed by atoms with E-state index < -0.39 is 0 Å². The van der Waals surface area contributed by atoms with Gasteiger partial charge in [0.25, 0.3) is 0 Å². The summed E-state index contributed by atoms with van der Waals surface area (Å²) < 4.78 is 0. The minimum atomic E-state index is -0.171. The van der Waals surface area contributed by atoms with E-state index in [2.05, 4.69) is 4.98 Å². The Labute approximate surface area is 111 Å². The molecule has 2 aromatic rings. The standard InChI is InChI=1S/C12H14N2OS.ClH/c13-9(8-15)7-10-4-5-12(16-10)11-3-1-2-6-14-11;/h1-6,9,15H,7-8,13H2;1H. The summed E-state index contributed by atoms with van der Waals surface area (Å²) in [7, 11) is 0. The Hall–Kier alpha value is -0.940. The first kappa shape index (κ1) is 14.1. The van der Waals surface area contributed by atoms with E-state index in [9.17, 15) is 0 Å². The van der Waals surface area contributed by atoms with Crippen LogP contribution in [0.3, 0.4) is 0 Å². The van der Waals surface area contributed by atoms with Crippen molar-refractivity contribution in [3.05, 3.63) is 41.4 Å². The lowest BCUT2D eigenvalue weighted by Crippen LogP contribution is -2.26. The lowest BCUT2D eigenvalue weighted by atomic mass is 10.2. The number of hydrogen-bond acceptors (Lipinski definition) is 4. The van der Waals surface area contributed by atoms with Crippen molar-refractivity contribution in [2.75, 3.05) is 6.61 Å². The molecule has 0 saturated carbocycles. The van der Waals surface area contributed by atoms with Gasteiger partial charge in [-0.05, 0) is 30.7 Å². The minimum absolute atomic E-state index is 0. The van der Waals surface area contributed by atoms with Crippen molar-refractivity contribution in [3.63, 3.8) is 0 Å². The summed E-state index contributed by atoms with van der Waals surface area (Å²) >= 11 is 1.68. The second kappa shape index (κ2) is 6.71. The molecule has 0 radical (unpaired) electrons. The smallest absolute Gasteiger partial charge is 0.0801 e. The van der Waals surface area contributed by atoms with E-state index >= 15 is 0 Å². The lowest BCUT2D eigenvalue weighted by molar-refractivity contribution is 0.266. The molecule has 0 aliphatic heterocycles. The summed E-state index contributed by atoms with van der Waals surface area (Å²) in [5.41, 5.74) is 6.68. The molecule has 0 bridgehead atoms. The number of hydrogen-bond donors (Lipinski definition) is 2. The number of aromatic nitrogens is 1. The van der Waals surface area contributed by atoms with Crippen LogP contribution in [-0.4, -0.2) is 22.7 Å². The fourth-order valence-corrected chi connectivity index (χ4v) is 2.53. The second-order valence-electron chi connectivity index (χ2n) is 3.63. The Balaban J connectivity index is 0.00000144. The Morgan fingerprint density at radius 3 is 2.76 bits per heavy atom. The van der Waals surface area contributed by atoms with Crippen LogP contribution in [0.1, 0.15) is 4.88 Å². The van der Waals surface area contributed by atoms with Crippen LogP contribution < -0.4 is 5.73 Å². The highest BCUT2D eigenvalue weighted by Crippen LogP contribution is 2.26. The average molecular weight is 271 g/mol. The van der Waals surface area contributed by atoms with Gasteiger partial charge in [-0.15, -0.1) is 23.7 Å². The van der Waals surface area contributed by atoms with Crippen molar-refractivity contribution in [1.29, 1.82) is 0 Å². The summed E-state index contributed by atoms with van der Waals surface area (Å²) in [5.74, 6) is 0. The molecule has 17 heavy (non-hydrogen) atoms. The van der Waals surface area contributed by atoms with E-state index in [4.69, 9.17) is 10.8 Å². The zero-order chi connectivity index (χ0) is 11.4. The molecule has 2 heterocycles. The summed E-state index contributed by atoms with van der Waals surface area (Å²) in [4.78, 5) is 6.61. The molecular formula is C12H15ClN2OS. The molecule has 3 N–H and O–H groups in total. The number of pyridine rings is 1.